The second kappa shape index (κ2) is 5.69. The molecule has 6 heteroatoms. The molecular weight excluding hydrogens is 274 g/mol. The van der Waals surface area contributed by atoms with E-state index in [0.717, 1.165) is 28.5 Å². The number of nitrogens with one attached hydrogen (secondary N) is 1. The number of carboxylic acids is 1. The Balaban J connectivity index is 2.11. The maximum atomic E-state index is 11.4. The second-order valence-electron chi connectivity index (χ2n) is 5.42. The number of aryl methyl sites for hydroxylation is 2. The van der Waals surface area contributed by atoms with Gasteiger partial charge in [-0.25, -0.2) is 9.97 Å². The van der Waals surface area contributed by atoms with Crippen LogP contribution in [0.5, 0.6) is 0 Å². The van der Waals surface area contributed by atoms with Crippen LogP contribution in [0.3, 0.4) is 0 Å². The molecule has 0 aromatic carbocycles. The summed E-state index contributed by atoms with van der Waals surface area (Å²) in [7, 11) is 1.72. The van der Waals surface area contributed by atoms with Crippen molar-refractivity contribution in [2.24, 2.45) is 0 Å². The standard InChI is InChI=1S/C14H21N3O2S/c1-8-9(2)16-13(17-10(8)3)20-11-5-6-14(7-11,15-4)12(18)19/h11,15H,5-7H2,1-4H3,(H,18,19). The first-order chi connectivity index (χ1) is 9.38. The highest BCUT2D eigenvalue weighted by molar-refractivity contribution is 7.99. The highest BCUT2D eigenvalue weighted by Gasteiger charge is 2.44. The number of nitrogens with zero attached hydrogens (tertiary/aromatic N) is 2. The van der Waals surface area contributed by atoms with E-state index in [1.54, 1.807) is 18.8 Å². The van der Waals surface area contributed by atoms with Crippen molar-refractivity contribution in [1.82, 2.24) is 15.3 Å². The number of rotatable bonds is 4. The van der Waals surface area contributed by atoms with Crippen LogP contribution in [0.25, 0.3) is 0 Å². The molecule has 0 spiro atoms. The molecular formula is C14H21N3O2S. The third kappa shape index (κ3) is 2.81. The zero-order chi connectivity index (χ0) is 14.9. The fourth-order valence-electron chi connectivity index (χ4n) is 2.57. The van der Waals surface area contributed by atoms with Crippen LogP contribution in [-0.2, 0) is 4.79 Å². The monoisotopic (exact) mass is 295 g/mol. The van der Waals surface area contributed by atoms with Gasteiger partial charge in [0.25, 0.3) is 0 Å². The van der Waals surface area contributed by atoms with Crippen molar-refractivity contribution in [3.8, 4) is 0 Å². The molecule has 0 saturated heterocycles. The molecule has 0 bridgehead atoms. The van der Waals surface area contributed by atoms with Crippen LogP contribution in [0.1, 0.15) is 36.2 Å². The molecule has 0 radical (unpaired) electrons. The van der Waals surface area contributed by atoms with Crippen molar-refractivity contribution in [3.63, 3.8) is 0 Å². The Bertz CT molecular complexity index is 512. The molecule has 2 N–H and O–H groups in total. The molecule has 2 unspecified atom stereocenters. The fraction of sp³-hybridized carbons (Fsp3) is 0.643. The first-order valence-electron chi connectivity index (χ1n) is 6.79. The molecule has 1 aliphatic rings. The molecule has 2 rings (SSSR count). The van der Waals surface area contributed by atoms with Crippen molar-refractivity contribution in [2.45, 2.75) is 56.0 Å². The highest BCUT2D eigenvalue weighted by Crippen LogP contribution is 2.39. The zero-order valence-electron chi connectivity index (χ0n) is 12.4. The van der Waals surface area contributed by atoms with Crippen LogP contribution in [-0.4, -0.2) is 38.9 Å². The lowest BCUT2D eigenvalue weighted by atomic mass is 9.99. The fourth-order valence-corrected chi connectivity index (χ4v) is 3.85. The summed E-state index contributed by atoms with van der Waals surface area (Å²) >= 11 is 1.60. The van der Waals surface area contributed by atoms with Crippen LogP contribution in [0.2, 0.25) is 0 Å². The van der Waals surface area contributed by atoms with E-state index in [9.17, 15) is 9.90 Å². The van der Waals surface area contributed by atoms with Crippen LogP contribution < -0.4 is 5.32 Å². The summed E-state index contributed by atoms with van der Waals surface area (Å²) in [5, 5.41) is 13.3. The SMILES string of the molecule is CNC1(C(=O)O)CCC(Sc2nc(C)c(C)c(C)n2)C1. The molecule has 5 nitrogen and oxygen atoms in total. The maximum absolute atomic E-state index is 11.4. The number of carboxylic acid groups (broad SMARTS) is 1. The first kappa shape index (κ1) is 15.3. The molecule has 1 aromatic heterocycles. The van der Waals surface area contributed by atoms with Gasteiger partial charge in [0.1, 0.15) is 5.54 Å². The van der Waals surface area contributed by atoms with Gasteiger partial charge in [-0.15, -0.1) is 0 Å². The smallest absolute Gasteiger partial charge is 0.323 e. The quantitative estimate of drug-likeness (QED) is 0.829. The van der Waals surface area contributed by atoms with Gasteiger partial charge in [-0.3, -0.25) is 4.79 Å². The number of carbonyl (C=O) groups is 1. The normalized spacial score (nSPS) is 25.9. The van der Waals surface area contributed by atoms with Crippen molar-refractivity contribution in [3.05, 3.63) is 17.0 Å². The molecule has 110 valence electrons. The van der Waals surface area contributed by atoms with Crippen molar-refractivity contribution >= 4 is 17.7 Å². The van der Waals surface area contributed by atoms with E-state index < -0.39 is 11.5 Å². The van der Waals surface area contributed by atoms with Gasteiger partial charge in [0.2, 0.25) is 0 Å². The Morgan fingerprint density at radius 1 is 1.35 bits per heavy atom. The molecule has 1 saturated carbocycles. The molecule has 0 aliphatic heterocycles. The van der Waals surface area contributed by atoms with E-state index >= 15 is 0 Å². The number of likely N-dealkylation sites (N-methyl/N-ethyl adjacent to an activating group) is 1. The Morgan fingerprint density at radius 2 is 1.95 bits per heavy atom. The molecule has 1 fully saturated rings. The Morgan fingerprint density at radius 3 is 2.40 bits per heavy atom. The summed E-state index contributed by atoms with van der Waals surface area (Å²) in [5.74, 6) is -0.764. The predicted octanol–water partition coefficient (Wildman–Crippen LogP) is 2.09. The average Bonchev–Trinajstić information content (AvgIpc) is 2.80. The third-order valence-corrected chi connectivity index (χ3v) is 5.37. The second-order valence-corrected chi connectivity index (χ2v) is 6.69. The lowest BCUT2D eigenvalue weighted by Gasteiger charge is -2.23. The van der Waals surface area contributed by atoms with E-state index in [0.29, 0.717) is 12.8 Å². The van der Waals surface area contributed by atoms with Crippen LogP contribution in [0.15, 0.2) is 5.16 Å². The van der Waals surface area contributed by atoms with Gasteiger partial charge in [-0.1, -0.05) is 11.8 Å². The number of aromatic nitrogens is 2. The number of aliphatic carboxylic acids is 1. The third-order valence-electron chi connectivity index (χ3n) is 4.24. The van der Waals surface area contributed by atoms with Gasteiger partial charge in [-0.05, 0) is 52.6 Å². The molecule has 0 amide bonds. The van der Waals surface area contributed by atoms with Crippen LogP contribution in [0, 0.1) is 20.8 Å². The average molecular weight is 295 g/mol. The van der Waals surface area contributed by atoms with Crippen LogP contribution in [0.4, 0.5) is 0 Å². The van der Waals surface area contributed by atoms with Gasteiger partial charge in [0, 0.05) is 16.6 Å². The minimum atomic E-state index is -0.785. The van der Waals surface area contributed by atoms with E-state index in [4.69, 9.17) is 0 Å². The Labute approximate surface area is 123 Å². The summed E-state index contributed by atoms with van der Waals surface area (Å²) in [6, 6.07) is 0. The maximum Gasteiger partial charge on any atom is 0.323 e. The lowest BCUT2D eigenvalue weighted by molar-refractivity contribution is -0.144. The summed E-state index contributed by atoms with van der Waals surface area (Å²) in [4.78, 5) is 20.4. The van der Waals surface area contributed by atoms with Gasteiger partial charge in [0.15, 0.2) is 5.16 Å². The van der Waals surface area contributed by atoms with E-state index in [1.807, 2.05) is 20.8 Å². The van der Waals surface area contributed by atoms with Crippen molar-refractivity contribution in [1.29, 1.82) is 0 Å². The van der Waals surface area contributed by atoms with Gasteiger partial charge >= 0.3 is 5.97 Å². The Kier molecular flexibility index (Phi) is 4.34. The van der Waals surface area contributed by atoms with Gasteiger partial charge in [0.05, 0.1) is 0 Å². The molecule has 2 atom stereocenters. The highest BCUT2D eigenvalue weighted by atomic mass is 32.2. The van der Waals surface area contributed by atoms with Gasteiger partial charge < -0.3 is 10.4 Å². The van der Waals surface area contributed by atoms with E-state index in [1.165, 1.54) is 0 Å². The number of hydrogen-bond acceptors (Lipinski definition) is 5. The number of thioether (sulfide) groups is 1. The predicted molar refractivity (Wildman–Crippen MR) is 79.2 cm³/mol. The molecule has 1 aliphatic carbocycles. The summed E-state index contributed by atoms with van der Waals surface area (Å²) in [6.07, 6.45) is 2.13. The Hall–Kier alpha value is -1.14. The van der Waals surface area contributed by atoms with Gasteiger partial charge in [-0.2, -0.15) is 0 Å². The zero-order valence-corrected chi connectivity index (χ0v) is 13.2. The molecule has 20 heavy (non-hydrogen) atoms. The largest absolute Gasteiger partial charge is 0.480 e. The van der Waals surface area contributed by atoms with Crippen LogP contribution >= 0.6 is 11.8 Å². The summed E-state index contributed by atoms with van der Waals surface area (Å²) in [6.45, 7) is 5.99. The first-order valence-corrected chi connectivity index (χ1v) is 7.67. The van der Waals surface area contributed by atoms with E-state index in [-0.39, 0.29) is 5.25 Å². The summed E-state index contributed by atoms with van der Waals surface area (Å²) in [5.41, 5.74) is 2.33. The topological polar surface area (TPSA) is 75.1 Å². The number of hydrogen-bond donors (Lipinski definition) is 2. The minimum Gasteiger partial charge on any atom is -0.480 e. The molecule has 1 heterocycles. The molecule has 1 aromatic rings. The van der Waals surface area contributed by atoms with E-state index in [2.05, 4.69) is 15.3 Å². The lowest BCUT2D eigenvalue weighted by Crippen LogP contribution is -2.48. The van der Waals surface area contributed by atoms with Crippen molar-refractivity contribution < 1.29 is 9.90 Å². The summed E-state index contributed by atoms with van der Waals surface area (Å²) < 4.78 is 0. The minimum absolute atomic E-state index is 0.250. The van der Waals surface area contributed by atoms with Crippen molar-refractivity contribution in [2.75, 3.05) is 7.05 Å².